The Balaban J connectivity index is 1.25. The number of amides is 5. The Kier molecular flexibility index (Phi) is 9.98. The molecule has 3 aliphatic heterocycles. The predicted molar refractivity (Wildman–Crippen MR) is 181 cm³/mol. The molecule has 5 aliphatic rings. The zero-order valence-corrected chi connectivity index (χ0v) is 29.2. The summed E-state index contributed by atoms with van der Waals surface area (Å²) >= 11 is 0. The molecule has 14 nitrogen and oxygen atoms in total. The lowest BCUT2D eigenvalue weighted by atomic mass is 10.0. The fourth-order valence-corrected chi connectivity index (χ4v) is 8.31. The van der Waals surface area contributed by atoms with E-state index in [-0.39, 0.29) is 26.0 Å². The van der Waals surface area contributed by atoms with E-state index >= 15 is 0 Å². The number of ether oxygens (including phenoxy) is 2. The molecule has 6 rings (SSSR count). The van der Waals surface area contributed by atoms with Gasteiger partial charge in [-0.1, -0.05) is 50.3 Å². The van der Waals surface area contributed by atoms with Gasteiger partial charge in [0, 0.05) is 18.9 Å². The van der Waals surface area contributed by atoms with Gasteiger partial charge in [-0.15, -0.1) is 6.58 Å². The Labute approximate surface area is 292 Å². The van der Waals surface area contributed by atoms with E-state index < -0.39 is 80.7 Å². The first-order chi connectivity index (χ1) is 23.8. The number of cyclic esters (lactones) is 1. The summed E-state index contributed by atoms with van der Waals surface area (Å²) in [6.45, 7) is 7.93. The van der Waals surface area contributed by atoms with E-state index in [0.29, 0.717) is 32.4 Å². The van der Waals surface area contributed by atoms with Crippen LogP contribution in [-0.2, 0) is 47.0 Å². The van der Waals surface area contributed by atoms with Crippen molar-refractivity contribution < 1.29 is 41.9 Å². The van der Waals surface area contributed by atoms with Gasteiger partial charge in [0.2, 0.25) is 21.8 Å². The van der Waals surface area contributed by atoms with Crippen molar-refractivity contribution in [1.29, 1.82) is 0 Å². The molecule has 0 aromatic heterocycles. The van der Waals surface area contributed by atoms with Gasteiger partial charge in [0.15, 0.2) is 0 Å². The third-order valence-corrected chi connectivity index (χ3v) is 12.0. The first kappa shape index (κ1) is 35.4. The standard InChI is InChI=1S/C35H45N5O9S/c1-4-24-17-35(24,32(43)38-50(46,47)26-13-14-26)37-30(41)28-16-25-19-40(28)31(42)29(21(2)3)36-33(44)48-15-8-6-5-7-10-22-11-9-12-23-18-39(20-27(22)23)34(45)49-25/h4,7,9-12,21,24-26,28-29H,1,5-6,8,13-20H2,2-3H3,(H,36,44)(H,37,41)(H,38,43)/b10-7+/t24-,25+,28-,29-,35+/m0/s1. The largest absolute Gasteiger partial charge is 0.450 e. The van der Waals surface area contributed by atoms with Crippen molar-refractivity contribution in [3.05, 3.63) is 53.6 Å². The molecule has 3 heterocycles. The number of allylic oxidation sites excluding steroid dienone is 1. The van der Waals surface area contributed by atoms with Gasteiger partial charge >= 0.3 is 12.2 Å². The Hall–Kier alpha value is -4.40. The van der Waals surface area contributed by atoms with E-state index in [1.165, 1.54) is 11.0 Å². The van der Waals surface area contributed by atoms with Gasteiger partial charge in [0.25, 0.3) is 5.91 Å². The SMILES string of the molecule is C=C[C@H]1C[C@]1(NC(=O)[C@@H]1C[C@@H]2CN1C(=O)[C@H](C(C)C)NC(=O)OCCCC/C=C/c1cccc3c1CN(C3)C(=O)O2)C(=O)NS(=O)(=O)C1CC1. The summed E-state index contributed by atoms with van der Waals surface area (Å²) in [5.41, 5.74) is 1.45. The minimum Gasteiger partial charge on any atom is -0.450 e. The Morgan fingerprint density at radius 1 is 1.14 bits per heavy atom. The maximum Gasteiger partial charge on any atom is 0.410 e. The van der Waals surface area contributed by atoms with Crippen LogP contribution in [0.25, 0.3) is 6.08 Å². The lowest BCUT2D eigenvalue weighted by Gasteiger charge is -2.31. The molecule has 50 heavy (non-hydrogen) atoms. The van der Waals surface area contributed by atoms with E-state index in [2.05, 4.69) is 28.0 Å². The van der Waals surface area contributed by atoms with Gasteiger partial charge in [-0.2, -0.15) is 0 Å². The second-order valence-corrected chi connectivity index (χ2v) is 16.1. The quantitative estimate of drug-likeness (QED) is 0.359. The molecule has 0 unspecified atom stereocenters. The van der Waals surface area contributed by atoms with E-state index in [1.54, 1.807) is 18.7 Å². The number of rotatable bonds is 7. The average Bonchev–Trinajstić information content (AvgIpc) is 3.96. The smallest absolute Gasteiger partial charge is 0.410 e. The van der Waals surface area contributed by atoms with E-state index in [4.69, 9.17) is 9.47 Å². The zero-order valence-electron chi connectivity index (χ0n) is 28.4. The zero-order chi connectivity index (χ0) is 35.8. The number of hydrogen-bond acceptors (Lipinski definition) is 9. The fraction of sp³-hybridized carbons (Fsp3) is 0.571. The van der Waals surface area contributed by atoms with Crippen LogP contribution in [0.4, 0.5) is 9.59 Å². The second-order valence-electron chi connectivity index (χ2n) is 14.2. The normalized spacial score (nSPS) is 29.4. The molecule has 270 valence electrons. The van der Waals surface area contributed by atoms with Crippen LogP contribution in [0.15, 0.2) is 36.9 Å². The van der Waals surface area contributed by atoms with Crippen molar-refractivity contribution in [2.24, 2.45) is 11.8 Å². The second kappa shape index (κ2) is 14.1. The fourth-order valence-electron chi connectivity index (χ4n) is 6.94. The summed E-state index contributed by atoms with van der Waals surface area (Å²) < 4.78 is 38.6. The molecule has 0 spiro atoms. The first-order valence-corrected chi connectivity index (χ1v) is 18.8. The van der Waals surface area contributed by atoms with E-state index in [0.717, 1.165) is 29.5 Å². The Morgan fingerprint density at radius 2 is 1.92 bits per heavy atom. The summed E-state index contributed by atoms with van der Waals surface area (Å²) in [4.78, 5) is 70.7. The number of benzene rings is 1. The third kappa shape index (κ3) is 7.37. The maximum absolute atomic E-state index is 14.1. The summed E-state index contributed by atoms with van der Waals surface area (Å²) in [6.07, 6.45) is 6.41. The van der Waals surface area contributed by atoms with E-state index in [9.17, 15) is 32.4 Å². The monoisotopic (exact) mass is 711 g/mol. The molecule has 0 radical (unpaired) electrons. The van der Waals surface area contributed by atoms with Gasteiger partial charge < -0.3 is 25.0 Å². The van der Waals surface area contributed by atoms with Crippen molar-refractivity contribution in [2.45, 2.75) is 101 Å². The summed E-state index contributed by atoms with van der Waals surface area (Å²) in [7, 11) is -3.90. The topological polar surface area (TPSA) is 181 Å². The van der Waals surface area contributed by atoms with Crippen molar-refractivity contribution in [2.75, 3.05) is 13.2 Å². The lowest BCUT2D eigenvalue weighted by molar-refractivity contribution is -0.141. The number of nitrogens with one attached hydrogen (secondary N) is 3. The number of fused-ring (bicyclic) bond motifs is 3. The van der Waals surface area contributed by atoms with Crippen LogP contribution in [0, 0.1) is 11.8 Å². The molecule has 5 amide bonds. The number of sulfonamides is 1. The van der Waals surface area contributed by atoms with Crippen LogP contribution in [-0.4, -0.2) is 90.3 Å². The predicted octanol–water partition coefficient (Wildman–Crippen LogP) is 2.73. The summed E-state index contributed by atoms with van der Waals surface area (Å²) in [5, 5.41) is 4.73. The third-order valence-electron chi connectivity index (χ3n) is 10.1. The highest BCUT2D eigenvalue weighted by Crippen LogP contribution is 2.45. The maximum atomic E-state index is 14.1. The number of alkyl carbamates (subject to hydrolysis) is 1. The molecule has 1 saturated heterocycles. The van der Waals surface area contributed by atoms with Crippen molar-refractivity contribution in [3.8, 4) is 0 Å². The first-order valence-electron chi connectivity index (χ1n) is 17.3. The summed E-state index contributed by atoms with van der Waals surface area (Å²) in [6, 6.07) is 3.63. The molecule has 3 N–H and O–H groups in total. The van der Waals surface area contributed by atoms with Gasteiger partial charge in [0.1, 0.15) is 23.7 Å². The molecule has 5 atom stereocenters. The molecule has 3 fully saturated rings. The highest BCUT2D eigenvalue weighted by molar-refractivity contribution is 7.91. The van der Waals surface area contributed by atoms with Crippen LogP contribution in [0.1, 0.15) is 75.5 Å². The number of carbonyl (C=O) groups is 5. The molecule has 1 aromatic carbocycles. The number of hydrogen-bond donors (Lipinski definition) is 3. The van der Waals surface area contributed by atoms with Crippen LogP contribution < -0.4 is 15.4 Å². The van der Waals surface area contributed by atoms with Crippen molar-refractivity contribution >= 4 is 46.0 Å². The van der Waals surface area contributed by atoms with Crippen LogP contribution >= 0.6 is 0 Å². The molecular weight excluding hydrogens is 666 g/mol. The van der Waals surface area contributed by atoms with E-state index in [1.807, 2.05) is 24.3 Å². The Bertz CT molecular complexity index is 1710. The molecule has 2 saturated carbocycles. The van der Waals surface area contributed by atoms with Crippen molar-refractivity contribution in [3.63, 3.8) is 0 Å². The van der Waals surface area contributed by atoms with Gasteiger partial charge in [-0.25, -0.2) is 18.0 Å². The average molecular weight is 712 g/mol. The van der Waals surface area contributed by atoms with Crippen LogP contribution in [0.5, 0.6) is 0 Å². The van der Waals surface area contributed by atoms with Gasteiger partial charge in [0.05, 0.1) is 24.9 Å². The number of nitrogens with zero attached hydrogens (tertiary/aromatic N) is 2. The Morgan fingerprint density at radius 3 is 2.62 bits per heavy atom. The highest BCUT2D eigenvalue weighted by Gasteiger charge is 2.62. The molecule has 2 aliphatic carbocycles. The lowest BCUT2D eigenvalue weighted by Crippen LogP contribution is -2.59. The summed E-state index contributed by atoms with van der Waals surface area (Å²) in [5.74, 6) is -3.10. The molecule has 1 aromatic rings. The molecular formula is C35H45N5O9S. The minimum absolute atomic E-state index is 0.0792. The minimum atomic E-state index is -3.90. The van der Waals surface area contributed by atoms with Crippen LogP contribution in [0.2, 0.25) is 0 Å². The highest BCUT2D eigenvalue weighted by atomic mass is 32.2. The molecule has 15 heteroatoms. The van der Waals surface area contributed by atoms with Crippen LogP contribution in [0.3, 0.4) is 0 Å². The number of carbonyl (C=O) groups excluding carboxylic acids is 5. The van der Waals surface area contributed by atoms with Gasteiger partial charge in [-0.05, 0) is 61.1 Å². The van der Waals surface area contributed by atoms with Crippen molar-refractivity contribution in [1.82, 2.24) is 25.2 Å². The van der Waals surface area contributed by atoms with Gasteiger partial charge in [-0.3, -0.25) is 24.0 Å². The molecule has 4 bridgehead atoms.